The van der Waals surface area contributed by atoms with E-state index in [1.54, 1.807) is 12.1 Å². The van der Waals surface area contributed by atoms with Gasteiger partial charge in [-0.15, -0.1) is 0 Å². The van der Waals surface area contributed by atoms with Gasteiger partial charge in [0.1, 0.15) is 5.75 Å². The maximum Gasteiger partial charge on any atom is 0.337 e. The molecule has 0 aliphatic heterocycles. The smallest absolute Gasteiger partial charge is 0.337 e. The lowest BCUT2D eigenvalue weighted by atomic mass is 10.1. The van der Waals surface area contributed by atoms with E-state index in [2.05, 4.69) is 5.32 Å². The van der Waals surface area contributed by atoms with Crippen molar-refractivity contribution in [1.82, 2.24) is 0 Å². The molecular weight excluding hydrogens is 302 g/mol. The Hall–Kier alpha value is -2.20. The van der Waals surface area contributed by atoms with Gasteiger partial charge in [0.05, 0.1) is 22.9 Å². The highest BCUT2D eigenvalue weighted by Crippen LogP contribution is 2.26. The Bertz CT molecular complexity index is 617. The minimum absolute atomic E-state index is 0.188. The van der Waals surface area contributed by atoms with Gasteiger partial charge in [-0.25, -0.2) is 4.79 Å². The molecule has 0 atom stereocenters. The molecular formula is C17H18ClNO3. The quantitative estimate of drug-likeness (QED) is 0.712. The number of para-hydroxylation sites is 2. The van der Waals surface area contributed by atoms with E-state index in [0.717, 1.165) is 18.6 Å². The molecule has 4 nitrogen and oxygen atoms in total. The van der Waals surface area contributed by atoms with Gasteiger partial charge >= 0.3 is 5.97 Å². The number of carbonyl (C=O) groups is 1. The summed E-state index contributed by atoms with van der Waals surface area (Å²) in [5.74, 6) is -0.132. The van der Waals surface area contributed by atoms with Crippen molar-refractivity contribution in [2.24, 2.45) is 0 Å². The van der Waals surface area contributed by atoms with Crippen LogP contribution in [0.15, 0.2) is 48.5 Å². The van der Waals surface area contributed by atoms with Crippen LogP contribution in [0.5, 0.6) is 5.75 Å². The Morgan fingerprint density at radius 2 is 1.86 bits per heavy atom. The van der Waals surface area contributed by atoms with Crippen molar-refractivity contribution >= 4 is 23.3 Å². The van der Waals surface area contributed by atoms with Crippen LogP contribution < -0.4 is 10.1 Å². The van der Waals surface area contributed by atoms with Gasteiger partial charge in [-0.1, -0.05) is 35.9 Å². The zero-order valence-electron chi connectivity index (χ0n) is 12.1. The fraction of sp³-hybridized carbons (Fsp3) is 0.235. The van der Waals surface area contributed by atoms with E-state index in [4.69, 9.17) is 21.4 Å². The van der Waals surface area contributed by atoms with Crippen molar-refractivity contribution in [2.45, 2.75) is 12.8 Å². The molecule has 0 aromatic heterocycles. The second-order valence-electron chi connectivity index (χ2n) is 4.76. The Labute approximate surface area is 134 Å². The van der Waals surface area contributed by atoms with E-state index in [9.17, 15) is 4.79 Å². The molecule has 0 amide bonds. The molecule has 0 saturated carbocycles. The summed E-state index contributed by atoms with van der Waals surface area (Å²) in [7, 11) is 0. The Balaban J connectivity index is 1.74. The summed E-state index contributed by atoms with van der Waals surface area (Å²) in [5.41, 5.74) is 0.661. The summed E-state index contributed by atoms with van der Waals surface area (Å²) >= 11 is 6.04. The number of carboxylic acid groups (broad SMARTS) is 1. The molecule has 0 bridgehead atoms. The topological polar surface area (TPSA) is 58.6 Å². The Morgan fingerprint density at radius 3 is 2.59 bits per heavy atom. The third kappa shape index (κ3) is 4.67. The Kier molecular flexibility index (Phi) is 6.10. The van der Waals surface area contributed by atoms with Crippen molar-refractivity contribution in [2.75, 3.05) is 18.5 Å². The van der Waals surface area contributed by atoms with Gasteiger partial charge in [0.25, 0.3) is 0 Å². The van der Waals surface area contributed by atoms with Crippen LogP contribution in [0.2, 0.25) is 5.02 Å². The van der Waals surface area contributed by atoms with Gasteiger partial charge in [-0.3, -0.25) is 0 Å². The maximum absolute atomic E-state index is 11.1. The van der Waals surface area contributed by atoms with Crippen LogP contribution in [-0.2, 0) is 0 Å². The molecule has 2 aromatic carbocycles. The molecule has 5 heteroatoms. The van der Waals surface area contributed by atoms with Crippen molar-refractivity contribution in [3.05, 3.63) is 59.1 Å². The number of hydrogen-bond acceptors (Lipinski definition) is 3. The molecule has 2 rings (SSSR count). The fourth-order valence-corrected chi connectivity index (χ4v) is 2.27. The largest absolute Gasteiger partial charge is 0.494 e. The maximum atomic E-state index is 11.1. The molecule has 0 aliphatic rings. The summed E-state index contributed by atoms with van der Waals surface area (Å²) < 4.78 is 5.60. The van der Waals surface area contributed by atoms with E-state index < -0.39 is 5.97 Å². The third-order valence-corrected chi connectivity index (χ3v) is 3.44. The van der Waals surface area contributed by atoms with Crippen LogP contribution in [0.4, 0.5) is 5.69 Å². The predicted molar refractivity (Wildman–Crippen MR) is 88.1 cm³/mol. The van der Waals surface area contributed by atoms with E-state index in [-0.39, 0.29) is 5.56 Å². The average Bonchev–Trinajstić information content (AvgIpc) is 2.52. The summed E-state index contributed by atoms with van der Waals surface area (Å²) in [6.45, 7) is 1.27. The molecule has 22 heavy (non-hydrogen) atoms. The number of rotatable bonds is 8. The number of aromatic carboxylic acids is 1. The lowest BCUT2D eigenvalue weighted by molar-refractivity contribution is 0.0698. The summed E-state index contributed by atoms with van der Waals surface area (Å²) in [5, 5.41) is 12.6. The van der Waals surface area contributed by atoms with Crippen LogP contribution in [-0.4, -0.2) is 24.2 Å². The first-order chi connectivity index (χ1) is 10.7. The zero-order valence-corrected chi connectivity index (χ0v) is 12.8. The lowest BCUT2D eigenvalue weighted by Crippen LogP contribution is -2.09. The van der Waals surface area contributed by atoms with Gasteiger partial charge in [0.2, 0.25) is 0 Å². The monoisotopic (exact) mass is 319 g/mol. The molecule has 116 valence electrons. The van der Waals surface area contributed by atoms with E-state index in [0.29, 0.717) is 23.9 Å². The van der Waals surface area contributed by atoms with E-state index in [1.807, 2.05) is 30.3 Å². The molecule has 0 aliphatic carbocycles. The first kappa shape index (κ1) is 16.2. The predicted octanol–water partition coefficient (Wildman–Crippen LogP) is 4.31. The van der Waals surface area contributed by atoms with Crippen LogP contribution >= 0.6 is 11.6 Å². The van der Waals surface area contributed by atoms with Gasteiger partial charge in [0.15, 0.2) is 0 Å². The molecule has 0 saturated heterocycles. The highest BCUT2D eigenvalue weighted by atomic mass is 35.5. The highest BCUT2D eigenvalue weighted by Gasteiger charge is 2.12. The van der Waals surface area contributed by atoms with Gasteiger partial charge in [-0.2, -0.15) is 0 Å². The summed E-state index contributed by atoms with van der Waals surface area (Å²) in [6.07, 6.45) is 1.73. The third-order valence-electron chi connectivity index (χ3n) is 3.13. The number of anilines is 1. The fourth-order valence-electron chi connectivity index (χ4n) is 2.03. The van der Waals surface area contributed by atoms with Gasteiger partial charge in [-0.05, 0) is 37.1 Å². The molecule has 2 aromatic rings. The highest BCUT2D eigenvalue weighted by molar-refractivity contribution is 6.34. The minimum atomic E-state index is -0.989. The lowest BCUT2D eigenvalue weighted by Gasteiger charge is -2.11. The van der Waals surface area contributed by atoms with Gasteiger partial charge in [0, 0.05) is 6.54 Å². The first-order valence-electron chi connectivity index (χ1n) is 7.12. The summed E-state index contributed by atoms with van der Waals surface area (Å²) in [6, 6.07) is 14.5. The number of benzene rings is 2. The Morgan fingerprint density at radius 1 is 1.09 bits per heavy atom. The van der Waals surface area contributed by atoms with Crippen LogP contribution in [0, 0.1) is 0 Å². The van der Waals surface area contributed by atoms with E-state index in [1.165, 1.54) is 6.07 Å². The molecule has 0 radical (unpaired) electrons. The number of ether oxygens (including phenoxy) is 1. The summed E-state index contributed by atoms with van der Waals surface area (Å²) in [4.78, 5) is 11.1. The molecule has 2 N–H and O–H groups in total. The number of halogens is 1. The molecule has 0 heterocycles. The second-order valence-corrected chi connectivity index (χ2v) is 5.17. The minimum Gasteiger partial charge on any atom is -0.494 e. The van der Waals surface area contributed by atoms with Crippen LogP contribution in [0.1, 0.15) is 23.2 Å². The van der Waals surface area contributed by atoms with Crippen molar-refractivity contribution in [3.63, 3.8) is 0 Å². The number of unbranched alkanes of at least 4 members (excludes halogenated alkanes) is 1. The van der Waals surface area contributed by atoms with E-state index >= 15 is 0 Å². The second kappa shape index (κ2) is 8.29. The first-order valence-corrected chi connectivity index (χ1v) is 7.50. The zero-order chi connectivity index (χ0) is 15.8. The normalized spacial score (nSPS) is 10.2. The number of nitrogens with one attached hydrogen (secondary N) is 1. The molecule has 0 fully saturated rings. The molecule has 0 spiro atoms. The SMILES string of the molecule is O=C(O)c1cccc(Cl)c1NCCCCOc1ccccc1. The standard InChI is InChI=1S/C17H18ClNO3/c18-15-10-6-9-14(17(20)21)16(15)19-11-4-5-12-22-13-7-2-1-3-8-13/h1-3,6-10,19H,4-5,11-12H2,(H,20,21). The van der Waals surface area contributed by atoms with Crippen molar-refractivity contribution < 1.29 is 14.6 Å². The average molecular weight is 320 g/mol. The number of hydrogen-bond donors (Lipinski definition) is 2. The van der Waals surface area contributed by atoms with Crippen LogP contribution in [0.25, 0.3) is 0 Å². The van der Waals surface area contributed by atoms with Crippen molar-refractivity contribution in [3.8, 4) is 5.75 Å². The molecule has 0 unspecified atom stereocenters. The van der Waals surface area contributed by atoms with Crippen molar-refractivity contribution in [1.29, 1.82) is 0 Å². The van der Waals surface area contributed by atoms with Gasteiger partial charge < -0.3 is 15.2 Å². The van der Waals surface area contributed by atoms with Crippen LogP contribution in [0.3, 0.4) is 0 Å². The number of carboxylic acids is 1.